The van der Waals surface area contributed by atoms with Gasteiger partial charge in [-0.15, -0.1) is 0 Å². The Labute approximate surface area is 138 Å². The molecule has 0 saturated heterocycles. The molecule has 0 aliphatic carbocycles. The molecule has 5 nitrogen and oxygen atoms in total. The molecule has 0 bridgehead atoms. The molecule has 21 heavy (non-hydrogen) atoms. The second-order valence-corrected chi connectivity index (χ2v) is 6.63. The zero-order valence-corrected chi connectivity index (χ0v) is 14.9. The first-order chi connectivity index (χ1) is 9.68. The first-order valence-electron chi connectivity index (χ1n) is 6.73. The number of carbonyl (C=O) groups is 2. The van der Waals surface area contributed by atoms with Crippen molar-refractivity contribution in [2.75, 3.05) is 18.4 Å². The Kier molecular flexibility index (Phi) is 6.15. The van der Waals surface area contributed by atoms with E-state index in [1.807, 2.05) is 32.0 Å². The summed E-state index contributed by atoms with van der Waals surface area (Å²) in [6, 6.07) is 5.75. The molecule has 0 radical (unpaired) electrons. The minimum atomic E-state index is -1.08. The molecule has 0 atom stereocenters. The third-order valence-corrected chi connectivity index (χ3v) is 4.16. The van der Waals surface area contributed by atoms with Crippen LogP contribution in [0, 0.1) is 10.5 Å². The number of carboxylic acid groups (broad SMARTS) is 1. The number of hydrogen-bond donors (Lipinski definition) is 2. The summed E-state index contributed by atoms with van der Waals surface area (Å²) in [4.78, 5) is 25.1. The van der Waals surface area contributed by atoms with Gasteiger partial charge in [-0.3, -0.25) is 14.5 Å². The van der Waals surface area contributed by atoms with Gasteiger partial charge < -0.3 is 10.4 Å². The van der Waals surface area contributed by atoms with Gasteiger partial charge in [0.15, 0.2) is 0 Å². The van der Waals surface area contributed by atoms with Gasteiger partial charge in [-0.05, 0) is 73.7 Å². The van der Waals surface area contributed by atoms with E-state index in [9.17, 15) is 14.7 Å². The fourth-order valence-electron chi connectivity index (χ4n) is 1.97. The first-order valence-corrected chi connectivity index (χ1v) is 7.80. The highest BCUT2D eigenvalue weighted by atomic mass is 127. The lowest BCUT2D eigenvalue weighted by Crippen LogP contribution is -2.52. The summed E-state index contributed by atoms with van der Waals surface area (Å²) in [5.74, 6) is -1.15. The highest BCUT2D eigenvalue weighted by Gasteiger charge is 2.34. The number of aryl methyl sites for hydroxylation is 1. The van der Waals surface area contributed by atoms with Crippen molar-refractivity contribution in [3.8, 4) is 0 Å². The molecule has 0 spiro atoms. The number of nitrogens with one attached hydrogen (secondary N) is 1. The molecule has 0 aliphatic rings. The maximum Gasteiger partial charge on any atom is 0.323 e. The molecule has 1 rings (SSSR count). The van der Waals surface area contributed by atoms with Gasteiger partial charge >= 0.3 is 5.97 Å². The van der Waals surface area contributed by atoms with Crippen molar-refractivity contribution in [2.45, 2.75) is 33.2 Å². The van der Waals surface area contributed by atoms with E-state index in [0.29, 0.717) is 6.54 Å². The van der Waals surface area contributed by atoms with Crippen LogP contribution in [0.5, 0.6) is 0 Å². The van der Waals surface area contributed by atoms with E-state index in [2.05, 4.69) is 27.9 Å². The standard InChI is InChI=1S/C15H21IN2O3/c1-5-18(15(3,4)14(20)21)9-13(19)17-12-7-6-11(16)8-10(12)2/h6-8H,5,9H2,1-4H3,(H,17,19)(H,20,21). The third kappa shape index (κ3) is 4.67. The van der Waals surface area contributed by atoms with Gasteiger partial charge in [-0.25, -0.2) is 0 Å². The Balaban J connectivity index is 2.78. The van der Waals surface area contributed by atoms with Crippen LogP contribution in [0.4, 0.5) is 5.69 Å². The average molecular weight is 404 g/mol. The Bertz CT molecular complexity index is 544. The Morgan fingerprint density at radius 1 is 1.38 bits per heavy atom. The number of anilines is 1. The van der Waals surface area contributed by atoms with E-state index in [1.54, 1.807) is 18.7 Å². The summed E-state index contributed by atoms with van der Waals surface area (Å²) < 4.78 is 1.10. The van der Waals surface area contributed by atoms with Gasteiger partial charge in [0.05, 0.1) is 6.54 Å². The SMILES string of the molecule is CCN(CC(=O)Nc1ccc(I)cc1C)C(C)(C)C(=O)O. The highest BCUT2D eigenvalue weighted by molar-refractivity contribution is 14.1. The Hall–Kier alpha value is -1.15. The second kappa shape index (κ2) is 7.22. The molecule has 0 aliphatic heterocycles. The monoisotopic (exact) mass is 404 g/mol. The lowest BCUT2D eigenvalue weighted by atomic mass is 10.0. The molecular weight excluding hydrogens is 383 g/mol. The van der Waals surface area contributed by atoms with Gasteiger partial charge in [-0.1, -0.05) is 6.92 Å². The van der Waals surface area contributed by atoms with E-state index in [4.69, 9.17) is 0 Å². The molecule has 116 valence electrons. The van der Waals surface area contributed by atoms with Crippen LogP contribution in [0.15, 0.2) is 18.2 Å². The zero-order valence-electron chi connectivity index (χ0n) is 12.7. The van der Waals surface area contributed by atoms with Crippen LogP contribution in [-0.2, 0) is 9.59 Å². The number of rotatable bonds is 6. The molecule has 0 aromatic heterocycles. The van der Waals surface area contributed by atoms with Crippen molar-refractivity contribution in [3.63, 3.8) is 0 Å². The fourth-order valence-corrected chi connectivity index (χ4v) is 2.62. The van der Waals surface area contributed by atoms with Crippen LogP contribution in [0.1, 0.15) is 26.3 Å². The van der Waals surface area contributed by atoms with E-state index in [1.165, 1.54) is 0 Å². The molecule has 1 amide bonds. The highest BCUT2D eigenvalue weighted by Crippen LogP contribution is 2.19. The Morgan fingerprint density at radius 3 is 2.48 bits per heavy atom. The predicted octanol–water partition coefficient (Wildman–Crippen LogP) is 2.72. The molecule has 0 unspecified atom stereocenters. The van der Waals surface area contributed by atoms with Crippen molar-refractivity contribution in [1.29, 1.82) is 0 Å². The minimum Gasteiger partial charge on any atom is -0.480 e. The summed E-state index contributed by atoms with van der Waals surface area (Å²) >= 11 is 2.21. The molecule has 1 aromatic rings. The third-order valence-electron chi connectivity index (χ3n) is 3.49. The van der Waals surface area contributed by atoms with Crippen molar-refractivity contribution in [3.05, 3.63) is 27.3 Å². The maximum atomic E-state index is 12.1. The van der Waals surface area contributed by atoms with Gasteiger partial charge in [-0.2, -0.15) is 0 Å². The largest absolute Gasteiger partial charge is 0.480 e. The number of likely N-dealkylation sites (N-methyl/N-ethyl adjacent to an activating group) is 1. The van der Waals surface area contributed by atoms with Crippen LogP contribution >= 0.6 is 22.6 Å². The van der Waals surface area contributed by atoms with Crippen LogP contribution in [-0.4, -0.2) is 40.5 Å². The van der Waals surface area contributed by atoms with Crippen molar-refractivity contribution in [2.24, 2.45) is 0 Å². The van der Waals surface area contributed by atoms with E-state index in [0.717, 1.165) is 14.8 Å². The van der Waals surface area contributed by atoms with E-state index < -0.39 is 11.5 Å². The van der Waals surface area contributed by atoms with E-state index >= 15 is 0 Å². The average Bonchev–Trinajstić information content (AvgIpc) is 2.38. The van der Waals surface area contributed by atoms with Crippen LogP contribution in [0.25, 0.3) is 0 Å². The molecule has 2 N–H and O–H groups in total. The van der Waals surface area contributed by atoms with Crippen molar-refractivity contribution < 1.29 is 14.7 Å². The molecule has 0 heterocycles. The van der Waals surface area contributed by atoms with Crippen LogP contribution < -0.4 is 5.32 Å². The summed E-state index contributed by atoms with van der Waals surface area (Å²) in [6.45, 7) is 7.49. The minimum absolute atomic E-state index is 0.0429. The molecule has 0 fully saturated rings. The summed E-state index contributed by atoms with van der Waals surface area (Å²) in [7, 11) is 0. The van der Waals surface area contributed by atoms with Crippen LogP contribution in [0.3, 0.4) is 0 Å². The van der Waals surface area contributed by atoms with Gasteiger partial charge in [0.2, 0.25) is 5.91 Å². The zero-order chi connectivity index (χ0) is 16.2. The van der Waals surface area contributed by atoms with Gasteiger partial charge in [0.1, 0.15) is 5.54 Å². The number of amides is 1. The van der Waals surface area contributed by atoms with E-state index in [-0.39, 0.29) is 12.5 Å². The second-order valence-electron chi connectivity index (χ2n) is 5.39. The number of nitrogens with zero attached hydrogens (tertiary/aromatic N) is 1. The van der Waals surface area contributed by atoms with Gasteiger partial charge in [0.25, 0.3) is 0 Å². The number of carbonyl (C=O) groups excluding carboxylic acids is 1. The molecule has 0 saturated carbocycles. The first kappa shape index (κ1) is 17.9. The summed E-state index contributed by atoms with van der Waals surface area (Å²) in [5.41, 5.74) is 0.660. The maximum absolute atomic E-state index is 12.1. The lowest BCUT2D eigenvalue weighted by Gasteiger charge is -2.33. The smallest absolute Gasteiger partial charge is 0.323 e. The number of halogens is 1. The van der Waals surface area contributed by atoms with Crippen molar-refractivity contribution >= 4 is 40.2 Å². The molecule has 1 aromatic carbocycles. The number of hydrogen-bond acceptors (Lipinski definition) is 3. The number of aliphatic carboxylic acids is 1. The quantitative estimate of drug-likeness (QED) is 0.716. The summed E-state index contributed by atoms with van der Waals surface area (Å²) in [5, 5.41) is 12.1. The lowest BCUT2D eigenvalue weighted by molar-refractivity contribution is -0.149. The summed E-state index contributed by atoms with van der Waals surface area (Å²) in [6.07, 6.45) is 0. The normalized spacial score (nSPS) is 11.5. The van der Waals surface area contributed by atoms with Crippen LogP contribution in [0.2, 0.25) is 0 Å². The fraction of sp³-hybridized carbons (Fsp3) is 0.467. The topological polar surface area (TPSA) is 69.6 Å². The predicted molar refractivity (Wildman–Crippen MR) is 91.5 cm³/mol. The number of carboxylic acids is 1. The molecule has 6 heteroatoms. The number of benzene rings is 1. The Morgan fingerprint density at radius 2 is 2.00 bits per heavy atom. The van der Waals surface area contributed by atoms with Crippen molar-refractivity contribution in [1.82, 2.24) is 4.90 Å². The molecular formula is C15H21IN2O3. The van der Waals surface area contributed by atoms with Gasteiger partial charge in [0, 0.05) is 9.26 Å².